The molecule has 3 rings (SSSR count). The highest BCUT2D eigenvalue weighted by Crippen LogP contribution is 2.48. The van der Waals surface area contributed by atoms with Crippen LogP contribution in [0.15, 0.2) is 16.8 Å². The summed E-state index contributed by atoms with van der Waals surface area (Å²) in [6.07, 6.45) is 2.69. The highest BCUT2D eigenvalue weighted by molar-refractivity contribution is 6.35. The summed E-state index contributed by atoms with van der Waals surface area (Å²) in [7, 11) is 1.33. The molecule has 2 aromatic heterocycles. The lowest BCUT2D eigenvalue weighted by atomic mass is 10.1. The van der Waals surface area contributed by atoms with Crippen LogP contribution < -0.4 is 0 Å². The molecule has 0 spiro atoms. The number of nitrogens with zero attached hydrogens (tertiary/aromatic N) is 3. The second-order valence-corrected chi connectivity index (χ2v) is 5.32. The van der Waals surface area contributed by atoms with Gasteiger partial charge in [-0.15, -0.1) is 0 Å². The molecule has 6 nitrogen and oxygen atoms in total. The van der Waals surface area contributed by atoms with Gasteiger partial charge in [-0.1, -0.05) is 28.4 Å². The number of hydrogen-bond acceptors (Lipinski definition) is 6. The highest BCUT2D eigenvalue weighted by Gasteiger charge is 2.57. The topological polar surface area (TPSA) is 78.1 Å². The summed E-state index contributed by atoms with van der Waals surface area (Å²) in [5.41, 5.74) is -0.453. The van der Waals surface area contributed by atoms with Gasteiger partial charge in [0, 0.05) is 6.20 Å². The Morgan fingerprint density at radius 1 is 1.45 bits per heavy atom. The Morgan fingerprint density at radius 3 is 2.80 bits per heavy atom. The van der Waals surface area contributed by atoms with E-state index in [1.807, 2.05) is 0 Å². The van der Waals surface area contributed by atoms with E-state index in [-0.39, 0.29) is 17.7 Å². The lowest BCUT2D eigenvalue weighted by molar-refractivity contribution is -0.144. The maximum absolute atomic E-state index is 11.7. The number of aromatic nitrogens is 3. The molecular weight excluding hydrogens is 305 g/mol. The number of esters is 1. The van der Waals surface area contributed by atoms with E-state index in [4.69, 9.17) is 32.5 Å². The molecule has 1 saturated carbocycles. The van der Waals surface area contributed by atoms with Crippen LogP contribution in [-0.2, 0) is 14.9 Å². The number of pyridine rings is 1. The lowest BCUT2D eigenvalue weighted by Gasteiger charge is -2.05. The first kappa shape index (κ1) is 13.3. The monoisotopic (exact) mass is 313 g/mol. The van der Waals surface area contributed by atoms with Crippen molar-refractivity contribution in [3.8, 4) is 11.5 Å². The van der Waals surface area contributed by atoms with E-state index >= 15 is 0 Å². The van der Waals surface area contributed by atoms with E-state index < -0.39 is 5.41 Å². The van der Waals surface area contributed by atoms with Crippen molar-refractivity contribution in [2.75, 3.05) is 7.11 Å². The second-order valence-electron chi connectivity index (χ2n) is 4.48. The zero-order valence-corrected chi connectivity index (χ0v) is 11.9. The van der Waals surface area contributed by atoms with Crippen molar-refractivity contribution in [3.05, 3.63) is 28.2 Å². The first-order valence-corrected chi connectivity index (χ1v) is 6.56. The van der Waals surface area contributed by atoms with Gasteiger partial charge in [0.2, 0.25) is 11.7 Å². The molecule has 0 aliphatic heterocycles. The normalized spacial score (nSPS) is 15.9. The van der Waals surface area contributed by atoms with Crippen molar-refractivity contribution in [3.63, 3.8) is 0 Å². The third-order valence-electron chi connectivity index (χ3n) is 3.18. The zero-order chi connectivity index (χ0) is 14.3. The first-order chi connectivity index (χ1) is 9.56. The van der Waals surface area contributed by atoms with Crippen LogP contribution in [-0.4, -0.2) is 28.2 Å². The quantitative estimate of drug-likeness (QED) is 0.811. The van der Waals surface area contributed by atoms with Gasteiger partial charge in [-0.05, 0) is 18.9 Å². The van der Waals surface area contributed by atoms with E-state index in [9.17, 15) is 4.79 Å². The molecule has 20 heavy (non-hydrogen) atoms. The number of rotatable bonds is 3. The minimum atomic E-state index is -0.807. The Morgan fingerprint density at radius 2 is 2.20 bits per heavy atom. The molecule has 8 heteroatoms. The van der Waals surface area contributed by atoms with Gasteiger partial charge in [-0.25, -0.2) is 4.98 Å². The molecule has 0 bridgehead atoms. The molecule has 2 aromatic rings. The molecule has 0 N–H and O–H groups in total. The van der Waals surface area contributed by atoms with Crippen molar-refractivity contribution in [2.45, 2.75) is 18.3 Å². The fourth-order valence-electron chi connectivity index (χ4n) is 1.92. The van der Waals surface area contributed by atoms with E-state index in [2.05, 4.69) is 15.1 Å². The van der Waals surface area contributed by atoms with Gasteiger partial charge in [0.05, 0.1) is 17.2 Å². The predicted octanol–water partition coefficient (Wildman–Crippen LogP) is 2.64. The summed E-state index contributed by atoms with van der Waals surface area (Å²) < 4.78 is 9.92. The minimum Gasteiger partial charge on any atom is -0.468 e. The molecule has 2 heterocycles. The standard InChI is InChI=1S/C12H9Cl2N3O3/c1-19-11(18)12(2-3-12)10-16-9(17-20-10)8-7(14)4-6(13)5-15-8/h4-5H,2-3H2,1H3. The maximum Gasteiger partial charge on any atom is 0.321 e. The minimum absolute atomic E-state index is 0.219. The number of halogens is 2. The summed E-state index contributed by atoms with van der Waals surface area (Å²) >= 11 is 11.8. The van der Waals surface area contributed by atoms with Gasteiger partial charge in [0.1, 0.15) is 11.1 Å². The molecule has 1 aliphatic rings. The van der Waals surface area contributed by atoms with E-state index in [1.165, 1.54) is 19.4 Å². The van der Waals surface area contributed by atoms with Crippen LogP contribution in [0.5, 0.6) is 0 Å². The Labute approximate surface area is 124 Å². The lowest BCUT2D eigenvalue weighted by Crippen LogP contribution is -2.22. The molecule has 0 unspecified atom stereocenters. The average molecular weight is 314 g/mol. The third-order valence-corrected chi connectivity index (χ3v) is 3.68. The van der Waals surface area contributed by atoms with E-state index in [0.29, 0.717) is 28.6 Å². The molecule has 0 aromatic carbocycles. The SMILES string of the molecule is COC(=O)C1(c2nc(-c3ncc(Cl)cc3Cl)no2)CC1. The van der Waals surface area contributed by atoms with Crippen LogP contribution in [0.1, 0.15) is 18.7 Å². The van der Waals surface area contributed by atoms with Crippen molar-refractivity contribution in [1.29, 1.82) is 0 Å². The van der Waals surface area contributed by atoms with Gasteiger partial charge in [-0.3, -0.25) is 4.79 Å². The Balaban J connectivity index is 1.97. The smallest absolute Gasteiger partial charge is 0.321 e. The van der Waals surface area contributed by atoms with Gasteiger partial charge >= 0.3 is 5.97 Å². The second kappa shape index (κ2) is 4.71. The number of carbonyl (C=O) groups excluding carboxylic acids is 1. The Bertz CT molecular complexity index is 682. The molecule has 1 aliphatic carbocycles. The third kappa shape index (κ3) is 2.05. The molecular formula is C12H9Cl2N3O3. The number of methoxy groups -OCH3 is 1. The number of ether oxygens (including phenoxy) is 1. The van der Waals surface area contributed by atoms with Crippen LogP contribution in [0, 0.1) is 0 Å². The van der Waals surface area contributed by atoms with Crippen LogP contribution in [0.2, 0.25) is 10.0 Å². The summed E-state index contributed by atoms with van der Waals surface area (Å²) in [5.74, 6) is 0.0758. The summed E-state index contributed by atoms with van der Waals surface area (Å²) in [5, 5.41) is 4.54. The molecule has 104 valence electrons. The van der Waals surface area contributed by atoms with Crippen molar-refractivity contribution < 1.29 is 14.1 Å². The average Bonchev–Trinajstić information content (AvgIpc) is 3.10. The fourth-order valence-corrected chi connectivity index (χ4v) is 2.38. The Hall–Kier alpha value is -1.66. The molecule has 0 atom stereocenters. The number of carbonyl (C=O) groups is 1. The first-order valence-electron chi connectivity index (χ1n) is 5.81. The van der Waals surface area contributed by atoms with Gasteiger partial charge in [0.25, 0.3) is 0 Å². The van der Waals surface area contributed by atoms with Crippen LogP contribution in [0.4, 0.5) is 0 Å². The maximum atomic E-state index is 11.7. The summed E-state index contributed by atoms with van der Waals surface area (Å²) in [6.45, 7) is 0. The Kier molecular flexibility index (Phi) is 3.14. The number of hydrogen-bond donors (Lipinski definition) is 0. The highest BCUT2D eigenvalue weighted by atomic mass is 35.5. The largest absolute Gasteiger partial charge is 0.468 e. The summed E-state index contributed by atoms with van der Waals surface area (Å²) in [4.78, 5) is 20.0. The van der Waals surface area contributed by atoms with Crippen molar-refractivity contribution in [1.82, 2.24) is 15.1 Å². The molecule has 0 saturated heterocycles. The van der Waals surface area contributed by atoms with Crippen molar-refractivity contribution in [2.24, 2.45) is 0 Å². The zero-order valence-electron chi connectivity index (χ0n) is 10.4. The molecule has 0 amide bonds. The van der Waals surface area contributed by atoms with Gasteiger partial charge in [0.15, 0.2) is 0 Å². The molecule has 1 fully saturated rings. The molecule has 0 radical (unpaired) electrons. The van der Waals surface area contributed by atoms with E-state index in [0.717, 1.165) is 0 Å². The van der Waals surface area contributed by atoms with E-state index in [1.54, 1.807) is 0 Å². The van der Waals surface area contributed by atoms with Gasteiger partial charge in [-0.2, -0.15) is 4.98 Å². The fraction of sp³-hybridized carbons (Fsp3) is 0.333. The summed E-state index contributed by atoms with van der Waals surface area (Å²) in [6, 6.07) is 1.54. The van der Waals surface area contributed by atoms with Gasteiger partial charge < -0.3 is 9.26 Å². The van der Waals surface area contributed by atoms with Crippen LogP contribution >= 0.6 is 23.2 Å². The van der Waals surface area contributed by atoms with Crippen LogP contribution in [0.25, 0.3) is 11.5 Å². The van der Waals surface area contributed by atoms with Crippen LogP contribution in [0.3, 0.4) is 0 Å². The predicted molar refractivity (Wildman–Crippen MR) is 70.5 cm³/mol. The van der Waals surface area contributed by atoms with Crippen molar-refractivity contribution >= 4 is 29.2 Å².